The molecule has 0 saturated carbocycles. The molecule has 3 nitrogen and oxygen atoms in total. The number of nitrogens with one attached hydrogen (secondary N) is 2. The standard InChI is InChI=1S/C14H20N2O/c1-6-13-12(5-3-9-16-13)14(7-1)17-11-4-2-8-15-10-11/h1,6-7,11,15-16H,2-5,8-10H2. The summed E-state index contributed by atoms with van der Waals surface area (Å²) in [6, 6.07) is 6.35. The van der Waals surface area contributed by atoms with Crippen molar-refractivity contribution in [2.24, 2.45) is 0 Å². The molecule has 2 aliphatic rings. The van der Waals surface area contributed by atoms with E-state index in [2.05, 4.69) is 28.8 Å². The largest absolute Gasteiger partial charge is 0.489 e. The lowest BCUT2D eigenvalue weighted by Gasteiger charge is -2.27. The van der Waals surface area contributed by atoms with E-state index < -0.39 is 0 Å². The maximum atomic E-state index is 6.15. The Morgan fingerprint density at radius 1 is 1.18 bits per heavy atom. The van der Waals surface area contributed by atoms with Crippen LogP contribution in [0.1, 0.15) is 24.8 Å². The number of hydrogen-bond acceptors (Lipinski definition) is 3. The highest BCUT2D eigenvalue weighted by atomic mass is 16.5. The fourth-order valence-electron chi connectivity index (χ4n) is 2.69. The normalized spacial score (nSPS) is 23.6. The molecule has 0 aromatic heterocycles. The lowest BCUT2D eigenvalue weighted by Crippen LogP contribution is -2.37. The summed E-state index contributed by atoms with van der Waals surface area (Å²) in [4.78, 5) is 0. The molecule has 1 unspecified atom stereocenters. The lowest BCUT2D eigenvalue weighted by molar-refractivity contribution is 0.165. The molecule has 3 rings (SSSR count). The van der Waals surface area contributed by atoms with E-state index >= 15 is 0 Å². The van der Waals surface area contributed by atoms with Crippen LogP contribution in [0.4, 0.5) is 5.69 Å². The van der Waals surface area contributed by atoms with Gasteiger partial charge in [-0.3, -0.25) is 0 Å². The Kier molecular flexibility index (Phi) is 3.18. The van der Waals surface area contributed by atoms with Gasteiger partial charge in [-0.15, -0.1) is 0 Å². The highest BCUT2D eigenvalue weighted by Crippen LogP contribution is 2.31. The molecule has 3 heteroatoms. The van der Waals surface area contributed by atoms with Crippen molar-refractivity contribution in [2.45, 2.75) is 31.8 Å². The minimum Gasteiger partial charge on any atom is -0.489 e. The monoisotopic (exact) mass is 232 g/mol. The van der Waals surface area contributed by atoms with Gasteiger partial charge in [-0.25, -0.2) is 0 Å². The minimum atomic E-state index is 0.345. The first-order chi connectivity index (χ1) is 8.43. The van der Waals surface area contributed by atoms with Crippen LogP contribution in [0.25, 0.3) is 0 Å². The number of hydrogen-bond donors (Lipinski definition) is 2. The first-order valence-electron chi connectivity index (χ1n) is 6.66. The predicted molar refractivity (Wildman–Crippen MR) is 69.8 cm³/mol. The third-order valence-corrected chi connectivity index (χ3v) is 3.60. The Bertz CT molecular complexity index is 386. The summed E-state index contributed by atoms with van der Waals surface area (Å²) >= 11 is 0. The number of piperidine rings is 1. The topological polar surface area (TPSA) is 33.3 Å². The molecule has 0 aliphatic carbocycles. The Morgan fingerprint density at radius 3 is 3.06 bits per heavy atom. The Morgan fingerprint density at radius 2 is 2.18 bits per heavy atom. The highest BCUT2D eigenvalue weighted by molar-refractivity contribution is 5.59. The van der Waals surface area contributed by atoms with E-state index in [9.17, 15) is 0 Å². The van der Waals surface area contributed by atoms with Crippen LogP contribution in [0.5, 0.6) is 5.75 Å². The zero-order valence-corrected chi connectivity index (χ0v) is 10.2. The molecule has 1 aromatic rings. The van der Waals surface area contributed by atoms with Crippen LogP contribution in [-0.2, 0) is 6.42 Å². The van der Waals surface area contributed by atoms with Gasteiger partial charge >= 0.3 is 0 Å². The predicted octanol–water partition coefficient (Wildman–Crippen LogP) is 2.18. The second-order valence-electron chi connectivity index (χ2n) is 4.90. The number of fused-ring (bicyclic) bond motifs is 1. The molecule has 1 fully saturated rings. The smallest absolute Gasteiger partial charge is 0.125 e. The van der Waals surface area contributed by atoms with Crippen LogP contribution in [0.2, 0.25) is 0 Å². The van der Waals surface area contributed by atoms with Crippen LogP contribution in [0.15, 0.2) is 18.2 Å². The average molecular weight is 232 g/mol. The molecule has 1 atom stereocenters. The maximum absolute atomic E-state index is 6.15. The number of anilines is 1. The van der Waals surface area contributed by atoms with Gasteiger partial charge in [0.1, 0.15) is 11.9 Å². The average Bonchev–Trinajstić information content (AvgIpc) is 2.40. The molecule has 2 aliphatic heterocycles. The molecule has 1 saturated heterocycles. The van der Waals surface area contributed by atoms with Crippen molar-refractivity contribution in [3.63, 3.8) is 0 Å². The van der Waals surface area contributed by atoms with Gasteiger partial charge in [-0.2, -0.15) is 0 Å². The Balaban J connectivity index is 1.77. The molecule has 17 heavy (non-hydrogen) atoms. The van der Waals surface area contributed by atoms with E-state index in [1.165, 1.54) is 30.5 Å². The van der Waals surface area contributed by atoms with Crippen molar-refractivity contribution >= 4 is 5.69 Å². The van der Waals surface area contributed by atoms with Gasteiger partial charge in [-0.05, 0) is 44.4 Å². The summed E-state index contributed by atoms with van der Waals surface area (Å²) < 4.78 is 6.15. The van der Waals surface area contributed by atoms with Crippen molar-refractivity contribution in [3.05, 3.63) is 23.8 Å². The van der Waals surface area contributed by atoms with Gasteiger partial charge in [0.05, 0.1) is 0 Å². The van der Waals surface area contributed by atoms with E-state index in [1.54, 1.807) is 0 Å². The fourth-order valence-corrected chi connectivity index (χ4v) is 2.69. The van der Waals surface area contributed by atoms with E-state index in [1.807, 2.05) is 0 Å². The summed E-state index contributed by atoms with van der Waals surface area (Å²) in [5.41, 5.74) is 2.63. The van der Waals surface area contributed by atoms with Gasteiger partial charge in [-0.1, -0.05) is 6.07 Å². The van der Waals surface area contributed by atoms with E-state index in [0.717, 1.165) is 31.8 Å². The first-order valence-corrected chi connectivity index (χ1v) is 6.66. The van der Waals surface area contributed by atoms with Crippen LogP contribution in [0.3, 0.4) is 0 Å². The lowest BCUT2D eigenvalue weighted by atomic mass is 10.0. The number of rotatable bonds is 2. The van der Waals surface area contributed by atoms with E-state index in [-0.39, 0.29) is 0 Å². The summed E-state index contributed by atoms with van der Waals surface area (Å²) in [7, 11) is 0. The minimum absolute atomic E-state index is 0.345. The summed E-state index contributed by atoms with van der Waals surface area (Å²) in [5, 5.41) is 6.84. The van der Waals surface area contributed by atoms with Crippen LogP contribution < -0.4 is 15.4 Å². The van der Waals surface area contributed by atoms with Crippen molar-refractivity contribution < 1.29 is 4.74 Å². The second-order valence-corrected chi connectivity index (χ2v) is 4.90. The second kappa shape index (κ2) is 4.96. The zero-order chi connectivity index (χ0) is 11.5. The quantitative estimate of drug-likeness (QED) is 0.820. The van der Waals surface area contributed by atoms with Gasteiger partial charge in [0.2, 0.25) is 0 Å². The van der Waals surface area contributed by atoms with Gasteiger partial charge in [0.15, 0.2) is 0 Å². The molecular weight excluding hydrogens is 212 g/mol. The molecule has 2 N–H and O–H groups in total. The summed E-state index contributed by atoms with van der Waals surface area (Å²) in [6.45, 7) is 3.20. The van der Waals surface area contributed by atoms with Crippen molar-refractivity contribution in [1.29, 1.82) is 0 Å². The molecule has 2 heterocycles. The molecule has 0 radical (unpaired) electrons. The van der Waals surface area contributed by atoms with Crippen LogP contribution in [0, 0.1) is 0 Å². The van der Waals surface area contributed by atoms with E-state index in [4.69, 9.17) is 4.74 Å². The van der Waals surface area contributed by atoms with Crippen molar-refractivity contribution in [1.82, 2.24) is 5.32 Å². The third kappa shape index (κ3) is 2.39. The van der Waals surface area contributed by atoms with Gasteiger partial charge in [0.25, 0.3) is 0 Å². The molecule has 0 spiro atoms. The third-order valence-electron chi connectivity index (χ3n) is 3.60. The maximum Gasteiger partial charge on any atom is 0.125 e. The zero-order valence-electron chi connectivity index (χ0n) is 10.2. The fraction of sp³-hybridized carbons (Fsp3) is 0.571. The SMILES string of the molecule is c1cc2c(c(OC3CCCNC3)c1)CCCN2. The van der Waals surface area contributed by atoms with Crippen LogP contribution in [-0.4, -0.2) is 25.7 Å². The molecule has 0 bridgehead atoms. The first kappa shape index (κ1) is 10.9. The Labute approximate surface area is 103 Å². The molecule has 1 aromatic carbocycles. The number of ether oxygens (including phenoxy) is 1. The summed E-state index contributed by atoms with van der Waals surface area (Å²) in [6.07, 6.45) is 5.08. The van der Waals surface area contributed by atoms with Gasteiger partial charge < -0.3 is 15.4 Å². The van der Waals surface area contributed by atoms with Crippen molar-refractivity contribution in [3.8, 4) is 5.75 Å². The van der Waals surface area contributed by atoms with Crippen molar-refractivity contribution in [2.75, 3.05) is 25.0 Å². The van der Waals surface area contributed by atoms with Gasteiger partial charge in [0, 0.05) is 24.3 Å². The number of benzene rings is 1. The molecular formula is C14H20N2O. The highest BCUT2D eigenvalue weighted by Gasteiger charge is 2.18. The molecule has 0 amide bonds. The summed E-state index contributed by atoms with van der Waals surface area (Å²) in [5.74, 6) is 1.09. The van der Waals surface area contributed by atoms with E-state index in [0.29, 0.717) is 6.10 Å². The molecule has 92 valence electrons. The Hall–Kier alpha value is -1.22. The van der Waals surface area contributed by atoms with Crippen LogP contribution >= 0.6 is 0 Å².